The van der Waals surface area contributed by atoms with Crippen molar-refractivity contribution in [2.75, 3.05) is 25.0 Å². The standard InChI is InChI=1S/C20H19F3N2O3/c1-13-12-25(9-10-28-13)19(27)15-3-2-4-17(11-15)24-18(26)14-5-7-16(8-6-14)20(21,22)23/h2-8,11,13H,9-10,12H2,1H3,(H,24,26). The summed E-state index contributed by atoms with van der Waals surface area (Å²) < 4.78 is 43.3. The van der Waals surface area contributed by atoms with Crippen LogP contribution >= 0.6 is 0 Å². The predicted octanol–water partition coefficient (Wildman–Crippen LogP) is 3.82. The second-order valence-electron chi connectivity index (χ2n) is 6.54. The lowest BCUT2D eigenvalue weighted by Crippen LogP contribution is -2.44. The highest BCUT2D eigenvalue weighted by Gasteiger charge is 2.30. The molecule has 1 atom stereocenters. The summed E-state index contributed by atoms with van der Waals surface area (Å²) in [5.41, 5.74) is 0.0690. The third-order valence-corrected chi connectivity index (χ3v) is 4.37. The van der Waals surface area contributed by atoms with Crippen LogP contribution in [0.25, 0.3) is 0 Å². The molecule has 0 bridgehead atoms. The van der Waals surface area contributed by atoms with Crippen molar-refractivity contribution in [3.63, 3.8) is 0 Å². The van der Waals surface area contributed by atoms with Crippen LogP contribution in [-0.2, 0) is 10.9 Å². The predicted molar refractivity (Wildman–Crippen MR) is 97.2 cm³/mol. The van der Waals surface area contributed by atoms with E-state index in [1.54, 1.807) is 29.2 Å². The normalized spacial score (nSPS) is 17.3. The van der Waals surface area contributed by atoms with Crippen LogP contribution in [0.15, 0.2) is 48.5 Å². The number of hydrogen-bond acceptors (Lipinski definition) is 3. The molecule has 2 aromatic rings. The molecule has 1 N–H and O–H groups in total. The van der Waals surface area contributed by atoms with Crippen LogP contribution in [0.2, 0.25) is 0 Å². The van der Waals surface area contributed by atoms with Gasteiger partial charge in [-0.1, -0.05) is 6.07 Å². The Morgan fingerprint density at radius 3 is 2.46 bits per heavy atom. The molecule has 1 heterocycles. The Morgan fingerprint density at radius 1 is 1.11 bits per heavy atom. The molecule has 1 fully saturated rings. The molecule has 1 aliphatic heterocycles. The number of anilines is 1. The Labute approximate surface area is 160 Å². The van der Waals surface area contributed by atoms with Crippen molar-refractivity contribution in [1.29, 1.82) is 0 Å². The first-order valence-electron chi connectivity index (χ1n) is 8.73. The van der Waals surface area contributed by atoms with E-state index in [-0.39, 0.29) is 17.6 Å². The van der Waals surface area contributed by atoms with Crippen molar-refractivity contribution in [3.8, 4) is 0 Å². The average Bonchev–Trinajstić information content (AvgIpc) is 2.67. The van der Waals surface area contributed by atoms with Crippen molar-refractivity contribution in [2.45, 2.75) is 19.2 Å². The number of morpholine rings is 1. The van der Waals surface area contributed by atoms with Crippen LogP contribution in [0.4, 0.5) is 18.9 Å². The first kappa shape index (κ1) is 19.9. The summed E-state index contributed by atoms with van der Waals surface area (Å²) in [6.45, 7) is 3.34. The van der Waals surface area contributed by atoms with Crippen LogP contribution in [0.1, 0.15) is 33.2 Å². The van der Waals surface area contributed by atoms with Gasteiger partial charge in [0, 0.05) is 29.9 Å². The molecule has 2 aromatic carbocycles. The van der Waals surface area contributed by atoms with Gasteiger partial charge in [0.2, 0.25) is 0 Å². The second kappa shape index (κ2) is 8.02. The molecule has 3 rings (SSSR count). The summed E-state index contributed by atoms with van der Waals surface area (Å²) in [6.07, 6.45) is -4.50. The molecule has 0 radical (unpaired) electrons. The number of alkyl halides is 3. The van der Waals surface area contributed by atoms with Gasteiger partial charge in [0.05, 0.1) is 18.3 Å². The summed E-state index contributed by atoms with van der Waals surface area (Å²) in [4.78, 5) is 26.6. The van der Waals surface area contributed by atoms with Gasteiger partial charge >= 0.3 is 6.18 Å². The molecule has 28 heavy (non-hydrogen) atoms. The lowest BCUT2D eigenvalue weighted by molar-refractivity contribution is -0.137. The van der Waals surface area contributed by atoms with E-state index in [1.807, 2.05) is 6.92 Å². The maximum Gasteiger partial charge on any atom is 0.416 e. The van der Waals surface area contributed by atoms with Crippen LogP contribution in [0, 0.1) is 0 Å². The number of carbonyl (C=O) groups excluding carboxylic acids is 2. The van der Waals surface area contributed by atoms with Crippen LogP contribution in [0.3, 0.4) is 0 Å². The molecule has 0 aliphatic carbocycles. The summed E-state index contributed by atoms with van der Waals surface area (Å²) in [5.74, 6) is -0.723. The van der Waals surface area contributed by atoms with Crippen LogP contribution in [0.5, 0.6) is 0 Å². The maximum absolute atomic E-state index is 12.6. The molecule has 5 nitrogen and oxygen atoms in total. The van der Waals surface area contributed by atoms with E-state index >= 15 is 0 Å². The molecular weight excluding hydrogens is 373 g/mol. The highest BCUT2D eigenvalue weighted by Crippen LogP contribution is 2.29. The van der Waals surface area contributed by atoms with E-state index in [1.165, 1.54) is 0 Å². The summed E-state index contributed by atoms with van der Waals surface area (Å²) in [7, 11) is 0. The Balaban J connectivity index is 1.70. The summed E-state index contributed by atoms with van der Waals surface area (Å²) >= 11 is 0. The molecule has 1 unspecified atom stereocenters. The third-order valence-electron chi connectivity index (χ3n) is 4.37. The molecule has 2 amide bonds. The zero-order valence-corrected chi connectivity index (χ0v) is 15.1. The van der Waals surface area contributed by atoms with Crippen molar-refractivity contribution in [1.82, 2.24) is 4.90 Å². The Bertz CT molecular complexity index is 866. The number of rotatable bonds is 3. The fourth-order valence-electron chi connectivity index (χ4n) is 2.93. The maximum atomic E-state index is 12.6. The Hall–Kier alpha value is -2.87. The Morgan fingerprint density at radius 2 is 1.82 bits per heavy atom. The number of hydrogen-bond donors (Lipinski definition) is 1. The van der Waals surface area contributed by atoms with E-state index in [2.05, 4.69) is 5.32 Å². The second-order valence-corrected chi connectivity index (χ2v) is 6.54. The minimum atomic E-state index is -4.46. The number of amides is 2. The van der Waals surface area contributed by atoms with E-state index < -0.39 is 17.6 Å². The van der Waals surface area contributed by atoms with Crippen LogP contribution < -0.4 is 5.32 Å². The topological polar surface area (TPSA) is 58.6 Å². The van der Waals surface area contributed by atoms with Gasteiger partial charge in [-0.25, -0.2) is 0 Å². The van der Waals surface area contributed by atoms with Crippen molar-refractivity contribution >= 4 is 17.5 Å². The summed E-state index contributed by atoms with van der Waals surface area (Å²) in [5, 5.41) is 2.61. The SMILES string of the molecule is CC1CN(C(=O)c2cccc(NC(=O)c3ccc(C(F)(F)F)cc3)c2)CCO1. The fraction of sp³-hybridized carbons (Fsp3) is 0.300. The first-order chi connectivity index (χ1) is 13.2. The van der Waals surface area contributed by atoms with E-state index in [0.29, 0.717) is 30.9 Å². The first-order valence-corrected chi connectivity index (χ1v) is 8.73. The lowest BCUT2D eigenvalue weighted by Gasteiger charge is -2.31. The van der Waals surface area contributed by atoms with Gasteiger partial charge in [-0.15, -0.1) is 0 Å². The number of ether oxygens (including phenoxy) is 1. The molecule has 0 saturated carbocycles. The zero-order chi connectivity index (χ0) is 20.3. The van der Waals surface area contributed by atoms with Gasteiger partial charge in [0.1, 0.15) is 0 Å². The fourth-order valence-corrected chi connectivity index (χ4v) is 2.93. The zero-order valence-electron chi connectivity index (χ0n) is 15.1. The van der Waals surface area contributed by atoms with Crippen LogP contribution in [-0.4, -0.2) is 42.5 Å². The van der Waals surface area contributed by atoms with Gasteiger partial charge in [0.15, 0.2) is 0 Å². The van der Waals surface area contributed by atoms with Crippen molar-refractivity contribution < 1.29 is 27.5 Å². The minimum absolute atomic E-state index is 0.0414. The molecule has 8 heteroatoms. The third kappa shape index (κ3) is 4.69. The molecule has 1 saturated heterocycles. The average molecular weight is 392 g/mol. The van der Waals surface area contributed by atoms with Gasteiger partial charge < -0.3 is 15.0 Å². The number of halogens is 3. The van der Waals surface area contributed by atoms with Gasteiger partial charge in [-0.05, 0) is 49.4 Å². The number of nitrogens with one attached hydrogen (secondary N) is 1. The number of nitrogens with zero attached hydrogens (tertiary/aromatic N) is 1. The van der Waals surface area contributed by atoms with Gasteiger partial charge in [-0.3, -0.25) is 9.59 Å². The lowest BCUT2D eigenvalue weighted by atomic mass is 10.1. The molecule has 1 aliphatic rings. The van der Waals surface area contributed by atoms with E-state index in [0.717, 1.165) is 24.3 Å². The highest BCUT2D eigenvalue weighted by atomic mass is 19.4. The van der Waals surface area contributed by atoms with Gasteiger partial charge in [-0.2, -0.15) is 13.2 Å². The molecule has 148 valence electrons. The van der Waals surface area contributed by atoms with E-state index in [9.17, 15) is 22.8 Å². The monoisotopic (exact) mass is 392 g/mol. The summed E-state index contributed by atoms with van der Waals surface area (Å²) in [6, 6.07) is 10.4. The molecular formula is C20H19F3N2O3. The highest BCUT2D eigenvalue weighted by molar-refractivity contribution is 6.05. The van der Waals surface area contributed by atoms with Crippen molar-refractivity contribution in [3.05, 3.63) is 65.2 Å². The smallest absolute Gasteiger partial charge is 0.375 e. The van der Waals surface area contributed by atoms with E-state index in [4.69, 9.17) is 4.74 Å². The van der Waals surface area contributed by atoms with Gasteiger partial charge in [0.25, 0.3) is 11.8 Å². The molecule has 0 spiro atoms. The number of benzene rings is 2. The quantitative estimate of drug-likeness (QED) is 0.864. The largest absolute Gasteiger partial charge is 0.416 e. The minimum Gasteiger partial charge on any atom is -0.375 e. The number of carbonyl (C=O) groups is 2. The van der Waals surface area contributed by atoms with Crippen molar-refractivity contribution in [2.24, 2.45) is 0 Å². The Kier molecular flexibility index (Phi) is 5.69. The molecule has 0 aromatic heterocycles.